The van der Waals surface area contributed by atoms with Crippen molar-refractivity contribution >= 4 is 23.2 Å². The second-order valence-electron chi connectivity index (χ2n) is 3.69. The minimum atomic E-state index is 0.268. The van der Waals surface area contributed by atoms with Gasteiger partial charge in [-0.3, -0.25) is 0 Å². The standard InChI is InChI=1S/C12H7Cl2N5/c13-10-6-11(14)17-12(16-10)9-7-15-19(18-9)8-4-2-1-3-5-8/h1-7H. The lowest BCUT2D eigenvalue weighted by Gasteiger charge is -1.98. The van der Waals surface area contributed by atoms with E-state index in [1.807, 2.05) is 30.3 Å². The van der Waals surface area contributed by atoms with Crippen molar-refractivity contribution in [3.63, 3.8) is 0 Å². The van der Waals surface area contributed by atoms with E-state index in [4.69, 9.17) is 23.2 Å². The van der Waals surface area contributed by atoms with Gasteiger partial charge in [-0.1, -0.05) is 41.4 Å². The molecule has 0 aliphatic heterocycles. The smallest absolute Gasteiger partial charge is 0.184 e. The first-order valence-corrected chi connectivity index (χ1v) is 6.16. The summed E-state index contributed by atoms with van der Waals surface area (Å²) in [6.45, 7) is 0. The maximum atomic E-state index is 5.83. The van der Waals surface area contributed by atoms with Crippen molar-refractivity contribution in [1.82, 2.24) is 25.0 Å². The number of benzene rings is 1. The Morgan fingerprint density at radius 1 is 0.947 bits per heavy atom. The first kappa shape index (κ1) is 12.1. The zero-order valence-corrected chi connectivity index (χ0v) is 11.0. The van der Waals surface area contributed by atoms with Gasteiger partial charge in [-0.25, -0.2) is 9.97 Å². The lowest BCUT2D eigenvalue weighted by molar-refractivity contribution is 0.752. The van der Waals surface area contributed by atoms with Gasteiger partial charge in [0.05, 0.1) is 11.9 Å². The van der Waals surface area contributed by atoms with E-state index in [-0.39, 0.29) is 10.3 Å². The quantitative estimate of drug-likeness (QED) is 0.681. The number of rotatable bonds is 2. The molecule has 7 heteroatoms. The third-order valence-electron chi connectivity index (χ3n) is 2.37. The first-order chi connectivity index (χ1) is 9.22. The summed E-state index contributed by atoms with van der Waals surface area (Å²) in [6, 6.07) is 11.0. The predicted octanol–water partition coefficient (Wildman–Crippen LogP) is 3.03. The maximum Gasteiger partial charge on any atom is 0.184 e. The summed E-state index contributed by atoms with van der Waals surface area (Å²) in [7, 11) is 0. The molecule has 1 aromatic carbocycles. The first-order valence-electron chi connectivity index (χ1n) is 5.40. The SMILES string of the molecule is Clc1cc(Cl)nc(-c2cnn(-c3ccccc3)n2)n1. The fraction of sp³-hybridized carbons (Fsp3) is 0. The van der Waals surface area contributed by atoms with Crippen molar-refractivity contribution in [3.8, 4) is 17.2 Å². The fourth-order valence-corrected chi connectivity index (χ4v) is 1.98. The molecule has 0 amide bonds. The van der Waals surface area contributed by atoms with Crippen molar-refractivity contribution in [3.05, 3.63) is 52.9 Å². The molecule has 0 saturated carbocycles. The molecule has 0 fully saturated rings. The summed E-state index contributed by atoms with van der Waals surface area (Å²) >= 11 is 11.7. The van der Waals surface area contributed by atoms with Crippen LogP contribution >= 0.6 is 23.2 Å². The van der Waals surface area contributed by atoms with Crippen LogP contribution in [0.25, 0.3) is 17.2 Å². The number of aromatic nitrogens is 5. The largest absolute Gasteiger partial charge is 0.214 e. The summed E-state index contributed by atoms with van der Waals surface area (Å²) < 4.78 is 0. The monoisotopic (exact) mass is 291 g/mol. The van der Waals surface area contributed by atoms with Crippen LogP contribution < -0.4 is 0 Å². The van der Waals surface area contributed by atoms with Gasteiger partial charge in [-0.05, 0) is 12.1 Å². The van der Waals surface area contributed by atoms with E-state index in [0.717, 1.165) is 5.69 Å². The van der Waals surface area contributed by atoms with Crippen LogP contribution in [0.15, 0.2) is 42.6 Å². The zero-order valence-electron chi connectivity index (χ0n) is 9.53. The van der Waals surface area contributed by atoms with Crippen LogP contribution in [-0.4, -0.2) is 25.0 Å². The van der Waals surface area contributed by atoms with Gasteiger partial charge >= 0.3 is 0 Å². The molecule has 0 aliphatic carbocycles. The molecule has 0 unspecified atom stereocenters. The van der Waals surface area contributed by atoms with Crippen molar-refractivity contribution < 1.29 is 0 Å². The summed E-state index contributed by atoms with van der Waals surface area (Å²) in [5.41, 5.74) is 1.36. The summed E-state index contributed by atoms with van der Waals surface area (Å²) in [5, 5.41) is 8.99. The van der Waals surface area contributed by atoms with Gasteiger partial charge in [-0.15, -0.1) is 5.10 Å². The third-order valence-corrected chi connectivity index (χ3v) is 2.76. The van der Waals surface area contributed by atoms with E-state index in [1.54, 1.807) is 6.20 Å². The Balaban J connectivity index is 2.02. The maximum absolute atomic E-state index is 5.83. The third kappa shape index (κ3) is 2.57. The number of para-hydroxylation sites is 1. The van der Waals surface area contributed by atoms with Gasteiger partial charge < -0.3 is 0 Å². The minimum absolute atomic E-state index is 0.268. The molecule has 2 heterocycles. The van der Waals surface area contributed by atoms with E-state index >= 15 is 0 Å². The highest BCUT2D eigenvalue weighted by molar-refractivity contribution is 6.33. The highest BCUT2D eigenvalue weighted by atomic mass is 35.5. The van der Waals surface area contributed by atoms with Crippen molar-refractivity contribution in [2.45, 2.75) is 0 Å². The van der Waals surface area contributed by atoms with E-state index < -0.39 is 0 Å². The molecule has 3 rings (SSSR count). The van der Waals surface area contributed by atoms with Crippen LogP contribution in [0, 0.1) is 0 Å². The van der Waals surface area contributed by atoms with Crippen LogP contribution in [0.4, 0.5) is 0 Å². The van der Waals surface area contributed by atoms with Crippen LogP contribution in [0.3, 0.4) is 0 Å². The van der Waals surface area contributed by atoms with Gasteiger partial charge in [0.1, 0.15) is 10.3 Å². The summed E-state index contributed by atoms with van der Waals surface area (Å²) in [5.74, 6) is 0.347. The van der Waals surface area contributed by atoms with Crippen LogP contribution in [-0.2, 0) is 0 Å². The van der Waals surface area contributed by atoms with E-state index in [2.05, 4.69) is 20.2 Å². The Labute approximate surface area is 118 Å². The average Bonchev–Trinajstić information content (AvgIpc) is 2.88. The Hall–Kier alpha value is -1.98. The molecule has 0 aliphatic rings. The number of halogens is 2. The molecule has 5 nitrogen and oxygen atoms in total. The molecule has 0 N–H and O–H groups in total. The molecule has 0 atom stereocenters. The lowest BCUT2D eigenvalue weighted by Crippen LogP contribution is -1.98. The fourth-order valence-electron chi connectivity index (χ4n) is 1.56. The van der Waals surface area contributed by atoms with Crippen LogP contribution in [0.5, 0.6) is 0 Å². The Morgan fingerprint density at radius 3 is 2.32 bits per heavy atom. The Bertz CT molecular complexity index is 691. The van der Waals surface area contributed by atoms with Gasteiger partial charge in [0.25, 0.3) is 0 Å². The van der Waals surface area contributed by atoms with Gasteiger partial charge in [0.2, 0.25) is 0 Å². The number of hydrogen-bond donors (Lipinski definition) is 0. The molecule has 0 spiro atoms. The zero-order chi connectivity index (χ0) is 13.2. The lowest BCUT2D eigenvalue weighted by atomic mass is 10.3. The highest BCUT2D eigenvalue weighted by Gasteiger charge is 2.10. The molecule has 0 saturated heterocycles. The summed E-state index contributed by atoms with van der Waals surface area (Å²) in [4.78, 5) is 9.62. The van der Waals surface area contributed by atoms with Gasteiger partial charge in [0, 0.05) is 6.07 Å². The minimum Gasteiger partial charge on any atom is -0.214 e. The van der Waals surface area contributed by atoms with E-state index in [1.165, 1.54) is 10.9 Å². The molecule has 0 radical (unpaired) electrons. The molecule has 19 heavy (non-hydrogen) atoms. The Morgan fingerprint density at radius 2 is 1.63 bits per heavy atom. The number of nitrogens with zero attached hydrogens (tertiary/aromatic N) is 5. The topological polar surface area (TPSA) is 56.5 Å². The van der Waals surface area contributed by atoms with E-state index in [9.17, 15) is 0 Å². The van der Waals surface area contributed by atoms with Crippen molar-refractivity contribution in [2.75, 3.05) is 0 Å². The Kier molecular flexibility index (Phi) is 3.15. The van der Waals surface area contributed by atoms with Crippen molar-refractivity contribution in [1.29, 1.82) is 0 Å². The molecule has 0 bridgehead atoms. The molecular formula is C12H7Cl2N5. The highest BCUT2D eigenvalue weighted by Crippen LogP contribution is 2.18. The van der Waals surface area contributed by atoms with Crippen LogP contribution in [0.1, 0.15) is 0 Å². The molecule has 94 valence electrons. The average molecular weight is 292 g/mol. The van der Waals surface area contributed by atoms with Gasteiger partial charge in [-0.2, -0.15) is 9.90 Å². The van der Waals surface area contributed by atoms with Crippen molar-refractivity contribution in [2.24, 2.45) is 0 Å². The predicted molar refractivity (Wildman–Crippen MR) is 72.4 cm³/mol. The van der Waals surface area contributed by atoms with Gasteiger partial charge in [0.15, 0.2) is 11.5 Å². The molecule has 3 aromatic rings. The molecule has 2 aromatic heterocycles. The van der Waals surface area contributed by atoms with Crippen LogP contribution in [0.2, 0.25) is 10.3 Å². The van der Waals surface area contributed by atoms with E-state index in [0.29, 0.717) is 11.5 Å². The molecular weight excluding hydrogens is 285 g/mol. The normalized spacial score (nSPS) is 10.6. The second-order valence-corrected chi connectivity index (χ2v) is 4.47. The second kappa shape index (κ2) is 4.95. The number of hydrogen-bond acceptors (Lipinski definition) is 4. The summed E-state index contributed by atoms with van der Waals surface area (Å²) in [6.07, 6.45) is 1.56.